The molecule has 126 valence electrons. The quantitative estimate of drug-likeness (QED) is 0.794. The van der Waals surface area contributed by atoms with E-state index in [9.17, 15) is 9.59 Å². The summed E-state index contributed by atoms with van der Waals surface area (Å²) in [5.41, 5.74) is 2.67. The van der Waals surface area contributed by atoms with Gasteiger partial charge in [0.1, 0.15) is 11.3 Å². The Morgan fingerprint density at radius 2 is 1.84 bits per heavy atom. The number of urea groups is 1. The number of imide groups is 1. The van der Waals surface area contributed by atoms with Crippen molar-refractivity contribution in [2.75, 3.05) is 11.9 Å². The fraction of sp³-hybridized carbons (Fsp3) is 0.167. The van der Waals surface area contributed by atoms with E-state index >= 15 is 0 Å². The Morgan fingerprint density at radius 1 is 1.08 bits per heavy atom. The van der Waals surface area contributed by atoms with E-state index in [1.54, 1.807) is 25.3 Å². The van der Waals surface area contributed by atoms with Crippen molar-refractivity contribution < 1.29 is 9.59 Å². The Hall–Kier alpha value is -3.35. The number of nitrogens with one attached hydrogen (secondary N) is 1. The Kier molecular flexibility index (Phi) is 4.65. The van der Waals surface area contributed by atoms with Crippen LogP contribution < -0.4 is 5.32 Å². The number of benzene rings is 1. The van der Waals surface area contributed by atoms with Gasteiger partial charge in [-0.15, -0.1) is 0 Å². The number of amides is 3. The first-order valence-electron chi connectivity index (χ1n) is 7.87. The van der Waals surface area contributed by atoms with Crippen LogP contribution in [0, 0.1) is 0 Å². The molecule has 0 atom stereocenters. The minimum absolute atomic E-state index is 0.284. The van der Waals surface area contributed by atoms with Crippen LogP contribution in [0.4, 0.5) is 10.6 Å². The molecule has 7 heteroatoms. The molecule has 3 amide bonds. The molecule has 25 heavy (non-hydrogen) atoms. The van der Waals surface area contributed by atoms with Gasteiger partial charge in [0.25, 0.3) is 0 Å². The Labute approximate surface area is 144 Å². The summed E-state index contributed by atoms with van der Waals surface area (Å²) in [7, 11) is 0. The third-order valence-corrected chi connectivity index (χ3v) is 3.65. The van der Waals surface area contributed by atoms with Crippen molar-refractivity contribution in [3.8, 4) is 11.3 Å². The summed E-state index contributed by atoms with van der Waals surface area (Å²) >= 11 is 0. The molecule has 0 unspecified atom stereocenters. The highest BCUT2D eigenvalue weighted by atomic mass is 16.2. The summed E-state index contributed by atoms with van der Waals surface area (Å²) in [5, 5.41) is 2.61. The van der Waals surface area contributed by atoms with Crippen LogP contribution in [0.25, 0.3) is 22.4 Å². The number of anilines is 1. The number of carbonyl (C=O) groups is 2. The van der Waals surface area contributed by atoms with Crippen LogP contribution in [-0.4, -0.2) is 38.3 Å². The molecule has 2 aromatic heterocycles. The molecule has 0 fully saturated rings. The van der Waals surface area contributed by atoms with E-state index in [0.717, 1.165) is 10.5 Å². The van der Waals surface area contributed by atoms with Gasteiger partial charge in [-0.3, -0.25) is 20.0 Å². The van der Waals surface area contributed by atoms with Gasteiger partial charge in [-0.05, 0) is 19.1 Å². The maximum atomic E-state index is 12.1. The summed E-state index contributed by atoms with van der Waals surface area (Å²) in [5.74, 6) is -0.0105. The highest BCUT2D eigenvalue weighted by Gasteiger charge is 2.16. The van der Waals surface area contributed by atoms with Crippen molar-refractivity contribution in [1.29, 1.82) is 0 Å². The minimum atomic E-state index is -0.519. The zero-order chi connectivity index (χ0) is 17.8. The van der Waals surface area contributed by atoms with E-state index in [-0.39, 0.29) is 12.5 Å². The summed E-state index contributed by atoms with van der Waals surface area (Å²) in [6.45, 7) is 3.35. The van der Waals surface area contributed by atoms with Crippen LogP contribution >= 0.6 is 0 Å². The lowest BCUT2D eigenvalue weighted by atomic mass is 10.2. The summed E-state index contributed by atoms with van der Waals surface area (Å²) < 4.78 is 0. The summed E-state index contributed by atoms with van der Waals surface area (Å²) in [6.07, 6.45) is 1.69. The highest BCUT2D eigenvalue weighted by Crippen LogP contribution is 2.19. The van der Waals surface area contributed by atoms with Gasteiger partial charge in [0.05, 0.1) is 11.9 Å². The lowest BCUT2D eigenvalue weighted by Crippen LogP contribution is -2.38. The van der Waals surface area contributed by atoms with E-state index in [1.165, 1.54) is 6.92 Å². The second-order valence-corrected chi connectivity index (χ2v) is 5.35. The van der Waals surface area contributed by atoms with Crippen LogP contribution in [0.3, 0.4) is 0 Å². The fourth-order valence-electron chi connectivity index (χ4n) is 2.40. The largest absolute Gasteiger partial charge is 0.329 e. The van der Waals surface area contributed by atoms with Crippen molar-refractivity contribution in [3.05, 3.63) is 48.7 Å². The number of carbonyl (C=O) groups excluding carboxylic acids is 2. The number of nitrogens with zero attached hydrogens (tertiary/aromatic N) is 4. The first-order valence-corrected chi connectivity index (χ1v) is 7.87. The zero-order valence-electron chi connectivity index (χ0n) is 13.9. The number of hydrogen-bond donors (Lipinski definition) is 1. The third kappa shape index (κ3) is 3.60. The van der Waals surface area contributed by atoms with Crippen molar-refractivity contribution in [1.82, 2.24) is 19.9 Å². The van der Waals surface area contributed by atoms with E-state index < -0.39 is 6.03 Å². The van der Waals surface area contributed by atoms with Crippen molar-refractivity contribution in [3.63, 3.8) is 0 Å². The van der Waals surface area contributed by atoms with Gasteiger partial charge in [-0.25, -0.2) is 14.8 Å². The van der Waals surface area contributed by atoms with Crippen LogP contribution in [-0.2, 0) is 4.79 Å². The molecule has 0 spiro atoms. The number of pyridine rings is 1. The van der Waals surface area contributed by atoms with E-state index in [2.05, 4.69) is 20.3 Å². The van der Waals surface area contributed by atoms with Crippen molar-refractivity contribution in [2.45, 2.75) is 13.8 Å². The lowest BCUT2D eigenvalue weighted by Gasteiger charge is -2.17. The Bertz CT molecular complexity index is 927. The zero-order valence-corrected chi connectivity index (χ0v) is 13.9. The smallest absolute Gasteiger partial charge is 0.292 e. The van der Waals surface area contributed by atoms with E-state index in [4.69, 9.17) is 0 Å². The van der Waals surface area contributed by atoms with Gasteiger partial charge in [0.15, 0.2) is 5.65 Å². The van der Waals surface area contributed by atoms with E-state index in [0.29, 0.717) is 22.7 Å². The molecule has 0 aliphatic carbocycles. The van der Waals surface area contributed by atoms with Gasteiger partial charge in [0.2, 0.25) is 5.91 Å². The van der Waals surface area contributed by atoms with Crippen LogP contribution in [0.2, 0.25) is 0 Å². The Morgan fingerprint density at radius 3 is 2.52 bits per heavy atom. The molecular weight excluding hydrogens is 318 g/mol. The first-order chi connectivity index (χ1) is 12.1. The average molecular weight is 335 g/mol. The highest BCUT2D eigenvalue weighted by molar-refractivity contribution is 6.00. The molecule has 3 aromatic rings. The second-order valence-electron chi connectivity index (χ2n) is 5.35. The summed E-state index contributed by atoms with van der Waals surface area (Å²) in [4.78, 5) is 37.9. The van der Waals surface area contributed by atoms with Gasteiger partial charge < -0.3 is 0 Å². The number of hydrogen-bond acceptors (Lipinski definition) is 5. The molecule has 2 heterocycles. The molecule has 7 nitrogen and oxygen atoms in total. The van der Waals surface area contributed by atoms with Gasteiger partial charge >= 0.3 is 6.03 Å². The predicted molar refractivity (Wildman–Crippen MR) is 94.8 cm³/mol. The molecule has 0 saturated carbocycles. The SMILES string of the molecule is CCN(C(C)=O)C(=O)Nc1ccc2ncc(-c3ccccc3)nc2n1. The minimum Gasteiger partial charge on any atom is -0.292 e. The Balaban J connectivity index is 1.91. The molecule has 0 radical (unpaired) electrons. The standard InChI is InChI=1S/C18H17N5O2/c1-3-23(12(2)24)18(25)22-16-10-9-14-17(21-16)20-15(11-19-14)13-7-5-4-6-8-13/h4-11H,3H2,1-2H3,(H,20,21,22,25). The van der Waals surface area contributed by atoms with Gasteiger partial charge in [0, 0.05) is 19.0 Å². The molecular formula is C18H17N5O2. The number of rotatable bonds is 3. The van der Waals surface area contributed by atoms with E-state index in [1.807, 2.05) is 30.3 Å². The fourth-order valence-corrected chi connectivity index (χ4v) is 2.40. The van der Waals surface area contributed by atoms with Gasteiger partial charge in [-0.1, -0.05) is 30.3 Å². The number of fused-ring (bicyclic) bond motifs is 1. The maximum absolute atomic E-state index is 12.1. The molecule has 0 bridgehead atoms. The van der Waals surface area contributed by atoms with Crippen molar-refractivity contribution in [2.24, 2.45) is 0 Å². The lowest BCUT2D eigenvalue weighted by molar-refractivity contribution is -0.125. The summed E-state index contributed by atoms with van der Waals surface area (Å²) in [6, 6.07) is 12.5. The van der Waals surface area contributed by atoms with Crippen LogP contribution in [0.15, 0.2) is 48.7 Å². The molecule has 0 aliphatic rings. The number of aromatic nitrogens is 3. The van der Waals surface area contributed by atoms with Crippen LogP contribution in [0.5, 0.6) is 0 Å². The average Bonchev–Trinajstić information content (AvgIpc) is 2.62. The maximum Gasteiger partial charge on any atom is 0.329 e. The molecule has 0 saturated heterocycles. The third-order valence-electron chi connectivity index (χ3n) is 3.65. The first kappa shape index (κ1) is 16.5. The predicted octanol–water partition coefficient (Wildman–Crippen LogP) is 3.09. The molecule has 0 aliphatic heterocycles. The monoisotopic (exact) mass is 335 g/mol. The topological polar surface area (TPSA) is 88.1 Å². The molecule has 1 N–H and O–H groups in total. The van der Waals surface area contributed by atoms with Crippen LogP contribution in [0.1, 0.15) is 13.8 Å². The second kappa shape index (κ2) is 7.04. The van der Waals surface area contributed by atoms with Gasteiger partial charge in [-0.2, -0.15) is 0 Å². The molecule has 3 rings (SSSR count). The van der Waals surface area contributed by atoms with Crippen molar-refractivity contribution >= 4 is 28.9 Å². The normalized spacial score (nSPS) is 10.5. The molecule has 1 aromatic carbocycles.